The molecule has 0 unspecified atom stereocenters. The summed E-state index contributed by atoms with van der Waals surface area (Å²) < 4.78 is 5.81. The summed E-state index contributed by atoms with van der Waals surface area (Å²) in [6.45, 7) is 0.620. The van der Waals surface area contributed by atoms with E-state index in [1.54, 1.807) is 11.7 Å². The fourth-order valence-electron chi connectivity index (χ4n) is 4.19. The van der Waals surface area contributed by atoms with Gasteiger partial charge in [-0.2, -0.15) is 15.1 Å². The van der Waals surface area contributed by atoms with Crippen LogP contribution in [0.15, 0.2) is 30.5 Å². The number of anilines is 3. The Kier molecular flexibility index (Phi) is 8.50. The molecule has 0 bridgehead atoms. The summed E-state index contributed by atoms with van der Waals surface area (Å²) in [5.74, 6) is 1.79. The number of aromatic amines is 1. The van der Waals surface area contributed by atoms with Crippen molar-refractivity contribution >= 4 is 34.4 Å². The standard InChI is InChI=1S/C24H33N7O3/c32-21(31-33)10-6-1-2-7-15-34-19-13-11-18(12-14-19)27-24-28-22(20-16-25-30-23(20)29-24)26-17-8-4-3-5-9-17/h11-14,16-17,33H,1-10,15H2,(H,31,32)(H3,25,26,27,28,29,30). The van der Waals surface area contributed by atoms with Gasteiger partial charge in [-0.15, -0.1) is 0 Å². The molecule has 1 aromatic carbocycles. The predicted octanol–water partition coefficient (Wildman–Crippen LogP) is 4.68. The molecule has 0 aliphatic heterocycles. The number of unbranched alkanes of at least 4 members (excludes halogenated alkanes) is 3. The van der Waals surface area contributed by atoms with Crippen LogP contribution in [0.2, 0.25) is 0 Å². The first-order chi connectivity index (χ1) is 16.7. The van der Waals surface area contributed by atoms with Gasteiger partial charge in [0.15, 0.2) is 5.65 Å². The third-order valence-electron chi connectivity index (χ3n) is 6.06. The van der Waals surface area contributed by atoms with Crippen molar-refractivity contribution in [2.24, 2.45) is 0 Å². The van der Waals surface area contributed by atoms with Crippen molar-refractivity contribution in [1.82, 2.24) is 25.6 Å². The van der Waals surface area contributed by atoms with Gasteiger partial charge in [-0.05, 0) is 49.9 Å². The monoisotopic (exact) mass is 467 g/mol. The number of fused-ring (bicyclic) bond motifs is 1. The number of amides is 1. The number of carbonyl (C=O) groups is 1. The maximum absolute atomic E-state index is 11.0. The number of hydrogen-bond donors (Lipinski definition) is 5. The molecule has 10 nitrogen and oxygen atoms in total. The van der Waals surface area contributed by atoms with Gasteiger partial charge in [0.2, 0.25) is 11.9 Å². The van der Waals surface area contributed by atoms with Crippen LogP contribution in [-0.4, -0.2) is 43.9 Å². The summed E-state index contributed by atoms with van der Waals surface area (Å²) in [6, 6.07) is 8.16. The lowest BCUT2D eigenvalue weighted by Gasteiger charge is -2.23. The van der Waals surface area contributed by atoms with Crippen molar-refractivity contribution in [3.05, 3.63) is 30.5 Å². The maximum atomic E-state index is 11.0. The Labute approximate surface area is 198 Å². The minimum Gasteiger partial charge on any atom is -0.494 e. The molecule has 182 valence electrons. The van der Waals surface area contributed by atoms with Crippen molar-refractivity contribution < 1.29 is 14.7 Å². The SMILES string of the molecule is O=C(CCCCCCOc1ccc(Nc2nc(NC3CCCCC3)c3cn[nH]c3n2)cc1)NO. The third-order valence-corrected chi connectivity index (χ3v) is 6.06. The summed E-state index contributed by atoms with van der Waals surface area (Å²) in [7, 11) is 0. The molecule has 1 saturated carbocycles. The molecule has 4 rings (SSSR count). The second-order valence-electron chi connectivity index (χ2n) is 8.70. The number of hydrogen-bond acceptors (Lipinski definition) is 8. The Hall–Kier alpha value is -3.40. The lowest BCUT2D eigenvalue weighted by molar-refractivity contribution is -0.129. The van der Waals surface area contributed by atoms with Gasteiger partial charge in [0.25, 0.3) is 0 Å². The second-order valence-corrected chi connectivity index (χ2v) is 8.70. The fourth-order valence-corrected chi connectivity index (χ4v) is 4.19. The van der Waals surface area contributed by atoms with Crippen LogP contribution in [-0.2, 0) is 4.79 Å². The van der Waals surface area contributed by atoms with E-state index in [9.17, 15) is 4.79 Å². The Morgan fingerprint density at radius 1 is 1.06 bits per heavy atom. The van der Waals surface area contributed by atoms with E-state index >= 15 is 0 Å². The summed E-state index contributed by atoms with van der Waals surface area (Å²) in [4.78, 5) is 20.2. The Morgan fingerprint density at radius 2 is 1.85 bits per heavy atom. The zero-order valence-electron chi connectivity index (χ0n) is 19.3. The highest BCUT2D eigenvalue weighted by Gasteiger charge is 2.17. The fraction of sp³-hybridized carbons (Fsp3) is 0.500. The quantitative estimate of drug-likeness (QED) is 0.147. The van der Waals surface area contributed by atoms with Crippen LogP contribution < -0.4 is 20.9 Å². The van der Waals surface area contributed by atoms with Crippen molar-refractivity contribution in [2.75, 3.05) is 17.2 Å². The Morgan fingerprint density at radius 3 is 2.65 bits per heavy atom. The van der Waals surface area contributed by atoms with Gasteiger partial charge in [-0.3, -0.25) is 15.1 Å². The van der Waals surface area contributed by atoms with Crippen LogP contribution in [0.25, 0.3) is 11.0 Å². The summed E-state index contributed by atoms with van der Waals surface area (Å²) in [6.07, 6.45) is 11.8. The Bertz CT molecular complexity index is 1050. The molecule has 34 heavy (non-hydrogen) atoms. The number of H-pyrrole nitrogens is 1. The normalized spacial score (nSPS) is 14.1. The first-order valence-corrected chi connectivity index (χ1v) is 12.1. The highest BCUT2D eigenvalue weighted by molar-refractivity contribution is 5.87. The van der Waals surface area contributed by atoms with E-state index in [2.05, 4.69) is 25.8 Å². The number of nitrogens with zero attached hydrogens (tertiary/aromatic N) is 3. The number of carbonyl (C=O) groups excluding carboxylic acids is 1. The molecule has 0 saturated heterocycles. The zero-order valence-corrected chi connectivity index (χ0v) is 19.3. The lowest BCUT2D eigenvalue weighted by atomic mass is 9.95. The second kappa shape index (κ2) is 12.2. The average Bonchev–Trinajstić information content (AvgIpc) is 3.34. The molecular weight excluding hydrogens is 434 g/mol. The molecule has 3 aromatic rings. The van der Waals surface area contributed by atoms with Crippen LogP contribution in [0.1, 0.15) is 64.2 Å². The van der Waals surface area contributed by atoms with E-state index in [0.717, 1.165) is 61.2 Å². The van der Waals surface area contributed by atoms with Crippen molar-refractivity contribution in [2.45, 2.75) is 70.3 Å². The molecule has 2 heterocycles. The minimum atomic E-state index is -0.337. The average molecular weight is 468 g/mol. The summed E-state index contributed by atoms with van der Waals surface area (Å²) in [5, 5.41) is 23.3. The number of rotatable bonds is 12. The van der Waals surface area contributed by atoms with E-state index in [0.29, 0.717) is 30.7 Å². The first-order valence-electron chi connectivity index (χ1n) is 12.1. The zero-order chi connectivity index (χ0) is 23.6. The smallest absolute Gasteiger partial charge is 0.243 e. The molecule has 5 N–H and O–H groups in total. The summed E-state index contributed by atoms with van der Waals surface area (Å²) in [5.41, 5.74) is 3.22. The molecule has 2 aromatic heterocycles. The molecule has 1 aliphatic carbocycles. The van der Waals surface area contributed by atoms with Crippen LogP contribution >= 0.6 is 0 Å². The van der Waals surface area contributed by atoms with Gasteiger partial charge >= 0.3 is 0 Å². The maximum Gasteiger partial charge on any atom is 0.243 e. The Balaban J connectivity index is 1.27. The molecular formula is C24H33N7O3. The molecule has 0 atom stereocenters. The molecule has 0 spiro atoms. The number of nitrogens with one attached hydrogen (secondary N) is 4. The molecule has 1 fully saturated rings. The van der Waals surface area contributed by atoms with Gasteiger partial charge < -0.3 is 15.4 Å². The van der Waals surface area contributed by atoms with Crippen LogP contribution in [0.4, 0.5) is 17.5 Å². The van der Waals surface area contributed by atoms with Crippen LogP contribution in [0.3, 0.4) is 0 Å². The number of benzene rings is 1. The largest absolute Gasteiger partial charge is 0.494 e. The first kappa shape index (κ1) is 23.7. The molecule has 1 amide bonds. The molecule has 0 radical (unpaired) electrons. The van der Waals surface area contributed by atoms with Crippen LogP contribution in [0, 0.1) is 0 Å². The number of ether oxygens (including phenoxy) is 1. The topological polar surface area (TPSA) is 137 Å². The predicted molar refractivity (Wildman–Crippen MR) is 130 cm³/mol. The van der Waals surface area contributed by atoms with Crippen molar-refractivity contribution in [1.29, 1.82) is 0 Å². The minimum absolute atomic E-state index is 0.337. The van der Waals surface area contributed by atoms with E-state index in [1.807, 2.05) is 24.3 Å². The van der Waals surface area contributed by atoms with Crippen molar-refractivity contribution in [3.63, 3.8) is 0 Å². The van der Waals surface area contributed by atoms with Gasteiger partial charge in [0, 0.05) is 18.2 Å². The van der Waals surface area contributed by atoms with E-state index < -0.39 is 0 Å². The van der Waals surface area contributed by atoms with Gasteiger partial charge in [0.05, 0.1) is 18.2 Å². The third kappa shape index (κ3) is 6.80. The van der Waals surface area contributed by atoms with Gasteiger partial charge in [-0.25, -0.2) is 5.48 Å². The van der Waals surface area contributed by atoms with Gasteiger partial charge in [-0.1, -0.05) is 32.1 Å². The highest BCUT2D eigenvalue weighted by Crippen LogP contribution is 2.27. The molecule has 1 aliphatic rings. The van der Waals surface area contributed by atoms with Crippen LogP contribution in [0.5, 0.6) is 5.75 Å². The highest BCUT2D eigenvalue weighted by atomic mass is 16.5. The van der Waals surface area contributed by atoms with E-state index in [4.69, 9.17) is 14.9 Å². The summed E-state index contributed by atoms with van der Waals surface area (Å²) >= 11 is 0. The lowest BCUT2D eigenvalue weighted by Crippen LogP contribution is -2.23. The van der Waals surface area contributed by atoms with E-state index in [1.165, 1.54) is 19.3 Å². The molecule has 10 heteroatoms. The number of aromatic nitrogens is 4. The number of hydroxylamine groups is 1. The van der Waals surface area contributed by atoms with Gasteiger partial charge in [0.1, 0.15) is 11.6 Å². The van der Waals surface area contributed by atoms with E-state index in [-0.39, 0.29) is 5.91 Å². The van der Waals surface area contributed by atoms with Crippen molar-refractivity contribution in [3.8, 4) is 5.75 Å².